The number of ether oxygens (including phenoxy) is 1. The van der Waals surface area contributed by atoms with Crippen LogP contribution in [-0.4, -0.2) is 69.4 Å². The molecule has 1 amide bonds. The SMILES string of the molecule is CC/C=C/C=C/C=C\CCCCCCCC(=O)NC(COP(=O)([O-])OCC[N+](C)(C)C)C(/C=C/CCCCCCCCCCC)OC(=O)CCCCCC/C=C/C/C=C/C/C=C/CC. The fraction of sp³-hybridized carbons (Fsp3) is 0.704. The molecule has 3 unspecified atom stereocenters. The minimum atomic E-state index is -4.70. The number of phosphoric ester groups is 1. The number of hydrogen-bond acceptors (Lipinski definition) is 7. The number of amides is 1. The predicted octanol–water partition coefficient (Wildman–Crippen LogP) is 14.1. The summed E-state index contributed by atoms with van der Waals surface area (Å²) in [6, 6.07) is -0.909. The lowest BCUT2D eigenvalue weighted by Crippen LogP contribution is -2.47. The van der Waals surface area contributed by atoms with Gasteiger partial charge in [-0.05, 0) is 83.1 Å². The van der Waals surface area contributed by atoms with Crippen LogP contribution in [0.1, 0.15) is 194 Å². The number of allylic oxidation sites excluding steroid dienone is 13. The van der Waals surface area contributed by atoms with Crippen LogP contribution in [0.2, 0.25) is 0 Å². The molecule has 0 aromatic heterocycles. The molecular formula is C54H95N2O7P. The van der Waals surface area contributed by atoms with Crippen molar-refractivity contribution in [2.45, 2.75) is 206 Å². The van der Waals surface area contributed by atoms with Gasteiger partial charge in [0, 0.05) is 12.8 Å². The van der Waals surface area contributed by atoms with Crippen LogP contribution in [0.5, 0.6) is 0 Å². The first-order chi connectivity index (χ1) is 30.9. The van der Waals surface area contributed by atoms with Gasteiger partial charge in [0.25, 0.3) is 7.82 Å². The number of carbonyl (C=O) groups is 2. The van der Waals surface area contributed by atoms with Crippen LogP contribution in [0.4, 0.5) is 0 Å². The maximum Gasteiger partial charge on any atom is 0.306 e. The molecule has 368 valence electrons. The van der Waals surface area contributed by atoms with Crippen LogP contribution in [0.25, 0.3) is 0 Å². The summed E-state index contributed by atoms with van der Waals surface area (Å²) < 4.78 is 30.0. The highest BCUT2D eigenvalue weighted by Crippen LogP contribution is 2.38. The van der Waals surface area contributed by atoms with E-state index in [1.54, 1.807) is 6.08 Å². The summed E-state index contributed by atoms with van der Waals surface area (Å²) in [6.45, 7) is 6.52. The zero-order valence-electron chi connectivity index (χ0n) is 41.7. The van der Waals surface area contributed by atoms with Gasteiger partial charge >= 0.3 is 5.97 Å². The summed E-state index contributed by atoms with van der Waals surface area (Å²) in [6.07, 6.45) is 55.5. The molecule has 3 atom stereocenters. The van der Waals surface area contributed by atoms with E-state index in [4.69, 9.17) is 13.8 Å². The van der Waals surface area contributed by atoms with Crippen molar-refractivity contribution in [2.24, 2.45) is 0 Å². The van der Waals surface area contributed by atoms with Gasteiger partial charge in [0.2, 0.25) is 5.91 Å². The lowest BCUT2D eigenvalue weighted by Gasteiger charge is -2.30. The highest BCUT2D eigenvalue weighted by molar-refractivity contribution is 7.45. The largest absolute Gasteiger partial charge is 0.756 e. The predicted molar refractivity (Wildman–Crippen MR) is 270 cm³/mol. The standard InChI is InChI=1S/C54H95N2O7P/c1-7-10-13-16-19-22-25-27-29-32-35-38-41-44-47-54(58)63-52(45-42-39-36-33-30-24-21-18-15-12-9-3)51(50-62-64(59,60)61-49-48-56(4,5)6)55-53(57)46-43-40-37-34-31-28-26-23-20-17-14-11-8-2/h10-11,13-14,17,19-20,22-23,26-27,29,42,45,51-52H,7-9,12,15-16,18,21,24-25,28,30-41,43-44,46-50H2,1-6H3,(H-,55,57,59,60)/b13-10+,14-11+,20-17+,22-19+,26-23-,29-27+,45-42+. The first-order valence-electron chi connectivity index (χ1n) is 25.4. The van der Waals surface area contributed by atoms with Gasteiger partial charge in [0.05, 0.1) is 33.8 Å². The maximum atomic E-state index is 13.4. The molecule has 0 heterocycles. The molecule has 0 bridgehead atoms. The van der Waals surface area contributed by atoms with Crippen LogP contribution >= 0.6 is 7.82 Å². The Morgan fingerprint density at radius 3 is 1.67 bits per heavy atom. The van der Waals surface area contributed by atoms with Crippen molar-refractivity contribution in [3.63, 3.8) is 0 Å². The molecule has 64 heavy (non-hydrogen) atoms. The first kappa shape index (κ1) is 61.2. The number of hydrogen-bond donors (Lipinski definition) is 1. The minimum absolute atomic E-state index is 0.0346. The summed E-state index contributed by atoms with van der Waals surface area (Å²) in [5.74, 6) is -0.601. The number of nitrogens with zero attached hydrogens (tertiary/aromatic N) is 1. The van der Waals surface area contributed by atoms with Crippen molar-refractivity contribution in [3.8, 4) is 0 Å². The van der Waals surface area contributed by atoms with E-state index in [9.17, 15) is 19.0 Å². The summed E-state index contributed by atoms with van der Waals surface area (Å²) in [5.41, 5.74) is 0. The average molecular weight is 915 g/mol. The Morgan fingerprint density at radius 2 is 1.08 bits per heavy atom. The number of rotatable bonds is 44. The summed E-state index contributed by atoms with van der Waals surface area (Å²) >= 11 is 0. The van der Waals surface area contributed by atoms with E-state index in [-0.39, 0.29) is 31.3 Å². The zero-order chi connectivity index (χ0) is 47.3. The first-order valence-corrected chi connectivity index (χ1v) is 26.9. The van der Waals surface area contributed by atoms with Gasteiger partial charge in [0.15, 0.2) is 0 Å². The molecule has 10 heteroatoms. The summed E-state index contributed by atoms with van der Waals surface area (Å²) in [4.78, 5) is 39.6. The molecule has 0 fully saturated rings. The number of carbonyl (C=O) groups excluding carboxylic acids is 2. The Hall–Kier alpha value is -2.81. The summed E-state index contributed by atoms with van der Waals surface area (Å²) in [5, 5.41) is 2.98. The third-order valence-electron chi connectivity index (χ3n) is 10.6. The van der Waals surface area contributed by atoms with Gasteiger partial charge in [-0.1, -0.05) is 183 Å². The zero-order valence-corrected chi connectivity index (χ0v) is 42.6. The molecule has 9 nitrogen and oxygen atoms in total. The van der Waals surface area contributed by atoms with Crippen LogP contribution in [-0.2, 0) is 27.9 Å². The quantitative estimate of drug-likeness (QED) is 0.0162. The highest BCUT2D eigenvalue weighted by Gasteiger charge is 2.27. The van der Waals surface area contributed by atoms with Crippen molar-refractivity contribution in [2.75, 3.05) is 40.9 Å². The van der Waals surface area contributed by atoms with E-state index in [0.29, 0.717) is 23.9 Å². The minimum Gasteiger partial charge on any atom is -0.756 e. The van der Waals surface area contributed by atoms with Gasteiger partial charge in [-0.15, -0.1) is 0 Å². The molecule has 0 saturated heterocycles. The third-order valence-corrected chi connectivity index (χ3v) is 11.6. The molecule has 0 radical (unpaired) electrons. The Labute approximate surface area is 393 Å². The van der Waals surface area contributed by atoms with Crippen LogP contribution < -0.4 is 10.2 Å². The molecule has 0 aliphatic rings. The van der Waals surface area contributed by atoms with E-state index < -0.39 is 26.6 Å². The Bertz CT molecular complexity index is 1380. The van der Waals surface area contributed by atoms with Crippen molar-refractivity contribution in [1.29, 1.82) is 0 Å². The molecule has 0 spiro atoms. The second-order valence-corrected chi connectivity index (χ2v) is 19.4. The Balaban J connectivity index is 5.51. The molecule has 0 aromatic rings. The van der Waals surface area contributed by atoms with E-state index in [1.165, 1.54) is 44.9 Å². The van der Waals surface area contributed by atoms with Crippen LogP contribution in [0, 0.1) is 0 Å². The van der Waals surface area contributed by atoms with E-state index in [2.05, 4.69) is 86.8 Å². The van der Waals surface area contributed by atoms with Gasteiger partial charge in [0.1, 0.15) is 19.3 Å². The topological polar surface area (TPSA) is 114 Å². The van der Waals surface area contributed by atoms with Gasteiger partial charge in [-0.2, -0.15) is 0 Å². The number of esters is 1. The average Bonchev–Trinajstić information content (AvgIpc) is 3.25. The molecule has 0 aliphatic heterocycles. The normalized spacial score (nSPS) is 14.7. The molecule has 0 aromatic carbocycles. The molecule has 0 saturated carbocycles. The fourth-order valence-corrected chi connectivity index (χ4v) is 7.43. The molecule has 0 aliphatic carbocycles. The van der Waals surface area contributed by atoms with Crippen molar-refractivity contribution in [3.05, 3.63) is 85.1 Å². The molecule has 0 rings (SSSR count). The number of quaternary nitrogens is 1. The van der Waals surface area contributed by atoms with E-state index >= 15 is 0 Å². The Morgan fingerprint density at radius 1 is 0.578 bits per heavy atom. The fourth-order valence-electron chi connectivity index (χ4n) is 6.71. The smallest absolute Gasteiger partial charge is 0.306 e. The summed E-state index contributed by atoms with van der Waals surface area (Å²) in [7, 11) is 1.14. The number of likely N-dealkylation sites (N-methyl/N-ethyl adjacent to an activating group) is 1. The van der Waals surface area contributed by atoms with Gasteiger partial charge < -0.3 is 28.5 Å². The van der Waals surface area contributed by atoms with Crippen molar-refractivity contribution in [1.82, 2.24) is 5.32 Å². The van der Waals surface area contributed by atoms with Gasteiger partial charge in [-0.25, -0.2) is 0 Å². The van der Waals surface area contributed by atoms with Gasteiger partial charge in [-0.3, -0.25) is 14.2 Å². The third kappa shape index (κ3) is 44.4. The number of nitrogens with one attached hydrogen (secondary N) is 1. The molecule has 1 N–H and O–H groups in total. The lowest BCUT2D eigenvalue weighted by atomic mass is 10.1. The molecular weight excluding hydrogens is 820 g/mol. The van der Waals surface area contributed by atoms with E-state index in [0.717, 1.165) is 103 Å². The monoisotopic (exact) mass is 915 g/mol. The number of phosphoric acid groups is 1. The van der Waals surface area contributed by atoms with Crippen LogP contribution in [0.15, 0.2) is 85.1 Å². The Kier molecular flexibility index (Phi) is 42.1. The number of unbranched alkanes of at least 4 members (excludes halogenated alkanes) is 18. The second-order valence-electron chi connectivity index (χ2n) is 18.0. The van der Waals surface area contributed by atoms with Crippen molar-refractivity contribution >= 4 is 19.7 Å². The van der Waals surface area contributed by atoms with Crippen LogP contribution in [0.3, 0.4) is 0 Å². The van der Waals surface area contributed by atoms with E-state index in [1.807, 2.05) is 39.4 Å². The van der Waals surface area contributed by atoms with Crippen molar-refractivity contribution < 1.29 is 37.3 Å². The lowest BCUT2D eigenvalue weighted by molar-refractivity contribution is -0.870. The maximum absolute atomic E-state index is 13.4. The second kappa shape index (κ2) is 44.0. The highest BCUT2D eigenvalue weighted by atomic mass is 31.2.